The van der Waals surface area contributed by atoms with Crippen molar-refractivity contribution >= 4 is 75.1 Å². The van der Waals surface area contributed by atoms with Gasteiger partial charge in [-0.15, -0.1) is 11.3 Å². The van der Waals surface area contributed by atoms with E-state index in [4.69, 9.17) is 19.9 Å². The minimum atomic E-state index is -0.376. The van der Waals surface area contributed by atoms with Crippen LogP contribution in [-0.4, -0.2) is 9.97 Å². The third-order valence-corrected chi connectivity index (χ3v) is 11.0. The molecule has 0 aliphatic heterocycles. The Hall–Kier alpha value is -6.62. The fraction of sp³-hybridized carbons (Fsp3) is 0. The summed E-state index contributed by atoms with van der Waals surface area (Å²) in [6.07, 6.45) is 0. The summed E-state index contributed by atoms with van der Waals surface area (Å²) in [7, 11) is 0. The number of fused-ring (bicyclic) bond motifs is 9. The quantitative estimate of drug-likeness (QED) is 0.173. The molecule has 0 aliphatic carbocycles. The molecule has 0 atom stereocenters. The van der Waals surface area contributed by atoms with Crippen molar-refractivity contribution in [1.29, 1.82) is 0 Å². The van der Waals surface area contributed by atoms with Gasteiger partial charge in [0.05, 0.1) is 24.1 Å². The lowest BCUT2D eigenvalue weighted by molar-refractivity contribution is 0.670. The first-order valence-electron chi connectivity index (χ1n) is 20.0. The molecular formula is C48H28N2OS. The largest absolute Gasteiger partial charge is 0.455 e. The minimum Gasteiger partial charge on any atom is -0.455 e. The molecule has 52 heavy (non-hydrogen) atoms. The maximum atomic E-state index is 9.30. The highest BCUT2D eigenvalue weighted by atomic mass is 32.1. The van der Waals surface area contributed by atoms with Gasteiger partial charge in [-0.1, -0.05) is 152 Å². The molecule has 0 unspecified atom stereocenters. The highest BCUT2D eigenvalue weighted by Gasteiger charge is 2.21. The second-order valence-corrected chi connectivity index (χ2v) is 13.9. The number of hydrogen-bond donors (Lipinski definition) is 0. The van der Waals surface area contributed by atoms with Gasteiger partial charge in [0.25, 0.3) is 0 Å². The summed E-state index contributed by atoms with van der Waals surface area (Å²) in [4.78, 5) is 10.1. The lowest BCUT2D eigenvalue weighted by Crippen LogP contribution is -1.94. The van der Waals surface area contributed by atoms with Gasteiger partial charge in [-0.05, 0) is 56.4 Å². The van der Waals surface area contributed by atoms with Crippen molar-refractivity contribution in [2.24, 2.45) is 0 Å². The van der Waals surface area contributed by atoms with Gasteiger partial charge in [-0.2, -0.15) is 0 Å². The predicted octanol–water partition coefficient (Wildman–Crippen LogP) is 13.7. The molecule has 0 saturated carbocycles. The number of furan rings is 1. The molecule has 0 aliphatic rings. The Balaban J connectivity index is 1.17. The van der Waals surface area contributed by atoms with E-state index in [1.165, 1.54) is 5.39 Å². The summed E-state index contributed by atoms with van der Waals surface area (Å²) in [6, 6.07) is 42.5. The number of thiophene rings is 1. The van der Waals surface area contributed by atoms with Gasteiger partial charge in [0, 0.05) is 37.5 Å². The van der Waals surface area contributed by atoms with Crippen LogP contribution in [0.25, 0.3) is 109 Å². The van der Waals surface area contributed by atoms with Gasteiger partial charge in [-0.3, -0.25) is 0 Å². The molecule has 8 aromatic carbocycles. The first-order valence-corrected chi connectivity index (χ1v) is 17.8. The van der Waals surface area contributed by atoms with Crippen LogP contribution in [0.4, 0.5) is 0 Å². The molecule has 242 valence electrons. The number of aromatic nitrogens is 2. The van der Waals surface area contributed by atoms with Gasteiger partial charge < -0.3 is 4.42 Å². The Kier molecular flexibility index (Phi) is 5.23. The lowest BCUT2D eigenvalue weighted by Gasteiger charge is -2.12. The SMILES string of the molecule is [2H]c1c([2H])c(-c2nc(-c3ccccc3)c3sc4ccccc4c3n2)c2c(oc3c(-c4ccc(-c5cc6ccccc6c6ccccc56)cc4)c([2H])c([2H])c([2H])c32)c1[2H]. The van der Waals surface area contributed by atoms with Gasteiger partial charge in [-0.25, -0.2) is 9.97 Å². The van der Waals surface area contributed by atoms with Gasteiger partial charge in [0.2, 0.25) is 0 Å². The van der Waals surface area contributed by atoms with E-state index in [0.717, 1.165) is 47.6 Å². The van der Waals surface area contributed by atoms with Gasteiger partial charge in [0.1, 0.15) is 11.2 Å². The number of para-hydroxylation sites is 1. The topological polar surface area (TPSA) is 38.9 Å². The van der Waals surface area contributed by atoms with Crippen LogP contribution in [0.5, 0.6) is 0 Å². The van der Waals surface area contributed by atoms with E-state index in [2.05, 4.69) is 30.3 Å². The summed E-state index contributed by atoms with van der Waals surface area (Å²) in [5, 5.41) is 5.86. The van der Waals surface area contributed by atoms with Gasteiger partial charge in [0.15, 0.2) is 5.82 Å². The molecular weight excluding hydrogens is 653 g/mol. The average Bonchev–Trinajstić information content (AvgIpc) is 3.84. The van der Waals surface area contributed by atoms with E-state index in [-0.39, 0.29) is 75.1 Å². The van der Waals surface area contributed by atoms with Gasteiger partial charge >= 0.3 is 0 Å². The molecule has 11 rings (SSSR count). The number of benzene rings is 8. The molecule has 0 N–H and O–H groups in total. The Bertz CT molecular complexity index is 3530. The zero-order valence-corrected chi connectivity index (χ0v) is 28.2. The van der Waals surface area contributed by atoms with Crippen molar-refractivity contribution in [1.82, 2.24) is 9.97 Å². The standard InChI is InChI=1S/C48H28N2OS/c1-2-12-31(13-3-1)44-47-45(37-18-8-9-23-42(37)52-47)50-48(49-44)39-21-11-22-41-43(39)38-20-10-19-34(46(38)51-41)29-24-26-30(27-25-29)40-28-32-14-4-5-15-33(32)35-16-6-7-17-36(35)40/h1-28H/i10D,11D,19D,20D,21D,22D. The smallest absolute Gasteiger partial charge is 0.161 e. The molecule has 0 bridgehead atoms. The number of hydrogen-bond acceptors (Lipinski definition) is 4. The van der Waals surface area contributed by atoms with E-state index in [0.29, 0.717) is 16.8 Å². The van der Waals surface area contributed by atoms with Crippen LogP contribution in [-0.2, 0) is 0 Å². The van der Waals surface area contributed by atoms with Crippen molar-refractivity contribution in [3.8, 4) is 44.9 Å². The molecule has 3 aromatic heterocycles. The first kappa shape index (κ1) is 23.7. The molecule has 3 heterocycles. The Labute approximate surface area is 311 Å². The Morgan fingerprint density at radius 3 is 2.04 bits per heavy atom. The normalized spacial score (nSPS) is 13.5. The summed E-state index contributed by atoms with van der Waals surface area (Å²) in [6.45, 7) is 0. The third-order valence-electron chi connectivity index (χ3n) is 9.87. The monoisotopic (exact) mass is 686 g/mol. The zero-order chi connectivity index (χ0) is 39.4. The molecule has 0 fully saturated rings. The molecule has 11 aromatic rings. The molecule has 3 nitrogen and oxygen atoms in total. The van der Waals surface area contributed by atoms with E-state index >= 15 is 0 Å². The van der Waals surface area contributed by atoms with Crippen LogP contribution < -0.4 is 0 Å². The van der Waals surface area contributed by atoms with Crippen molar-refractivity contribution in [2.45, 2.75) is 0 Å². The second kappa shape index (κ2) is 11.5. The fourth-order valence-electron chi connectivity index (χ4n) is 7.45. The van der Waals surface area contributed by atoms with E-state index in [1.807, 2.05) is 103 Å². The first-order chi connectivity index (χ1) is 28.3. The summed E-state index contributed by atoms with van der Waals surface area (Å²) < 4.78 is 63.1. The van der Waals surface area contributed by atoms with Crippen LogP contribution in [0.2, 0.25) is 0 Å². The van der Waals surface area contributed by atoms with Crippen LogP contribution in [0.3, 0.4) is 0 Å². The van der Waals surface area contributed by atoms with Crippen molar-refractivity contribution in [3.05, 3.63) is 170 Å². The molecule has 0 spiro atoms. The highest BCUT2D eigenvalue weighted by Crippen LogP contribution is 2.44. The summed E-state index contributed by atoms with van der Waals surface area (Å²) >= 11 is 1.58. The van der Waals surface area contributed by atoms with E-state index in [1.54, 1.807) is 11.3 Å². The average molecular weight is 687 g/mol. The Morgan fingerprint density at radius 1 is 0.519 bits per heavy atom. The van der Waals surface area contributed by atoms with Crippen molar-refractivity contribution in [3.63, 3.8) is 0 Å². The molecule has 0 radical (unpaired) electrons. The van der Waals surface area contributed by atoms with Crippen LogP contribution >= 0.6 is 11.3 Å². The maximum absolute atomic E-state index is 9.30. The minimum absolute atomic E-state index is 0.0230. The molecule has 0 saturated heterocycles. The zero-order valence-electron chi connectivity index (χ0n) is 33.4. The number of nitrogens with zero attached hydrogens (tertiary/aromatic N) is 2. The lowest BCUT2D eigenvalue weighted by atomic mass is 9.92. The van der Waals surface area contributed by atoms with Crippen molar-refractivity contribution in [2.75, 3.05) is 0 Å². The van der Waals surface area contributed by atoms with Crippen LogP contribution in [0, 0.1) is 0 Å². The van der Waals surface area contributed by atoms with Crippen LogP contribution in [0.1, 0.15) is 8.22 Å². The Morgan fingerprint density at radius 2 is 1.19 bits per heavy atom. The number of rotatable bonds is 4. The summed E-state index contributed by atoms with van der Waals surface area (Å²) in [5.41, 5.74) is 5.35. The summed E-state index contributed by atoms with van der Waals surface area (Å²) in [5.74, 6) is 0.149. The fourth-order valence-corrected chi connectivity index (χ4v) is 8.61. The second-order valence-electron chi connectivity index (χ2n) is 12.8. The van der Waals surface area contributed by atoms with E-state index < -0.39 is 0 Å². The third kappa shape index (κ3) is 4.45. The maximum Gasteiger partial charge on any atom is 0.161 e. The molecule has 4 heteroatoms. The predicted molar refractivity (Wildman–Crippen MR) is 219 cm³/mol. The molecule has 0 amide bonds. The highest BCUT2D eigenvalue weighted by molar-refractivity contribution is 7.26. The van der Waals surface area contributed by atoms with E-state index in [9.17, 15) is 2.74 Å². The van der Waals surface area contributed by atoms with Crippen LogP contribution in [0.15, 0.2) is 174 Å². The van der Waals surface area contributed by atoms with Crippen molar-refractivity contribution < 1.29 is 12.6 Å².